The Morgan fingerprint density at radius 1 is 1.33 bits per heavy atom. The maximum atomic E-state index is 5.35. The van der Waals surface area contributed by atoms with Crippen molar-refractivity contribution in [2.75, 3.05) is 51.0 Å². The van der Waals surface area contributed by atoms with E-state index in [2.05, 4.69) is 27.9 Å². The first kappa shape index (κ1) is 16.5. The largest absolute Gasteiger partial charge is 0.379 e. The van der Waals surface area contributed by atoms with Crippen molar-refractivity contribution in [3.8, 4) is 0 Å². The normalized spacial score (nSPS) is 15.7. The molecular weight excluding hydrogens is 302 g/mol. The highest BCUT2D eigenvalue weighted by Gasteiger charge is 2.09. The van der Waals surface area contributed by atoms with Crippen LogP contribution in [0.3, 0.4) is 0 Å². The summed E-state index contributed by atoms with van der Waals surface area (Å²) in [4.78, 5) is 3.64. The lowest BCUT2D eigenvalue weighted by molar-refractivity contribution is 0.0376. The van der Waals surface area contributed by atoms with E-state index in [9.17, 15) is 0 Å². The number of thioether (sulfide) groups is 1. The number of rotatable bonds is 6. The Morgan fingerprint density at radius 2 is 2.10 bits per heavy atom. The van der Waals surface area contributed by atoms with Crippen LogP contribution in [0.25, 0.3) is 0 Å². The van der Waals surface area contributed by atoms with E-state index in [0.29, 0.717) is 5.11 Å². The second kappa shape index (κ2) is 9.25. The number of ether oxygens (including phenoxy) is 1. The molecule has 0 aliphatic carbocycles. The van der Waals surface area contributed by atoms with Gasteiger partial charge in [-0.25, -0.2) is 0 Å². The molecule has 2 N–H and O–H groups in total. The van der Waals surface area contributed by atoms with E-state index in [1.807, 2.05) is 18.2 Å². The van der Waals surface area contributed by atoms with E-state index in [4.69, 9.17) is 17.0 Å². The summed E-state index contributed by atoms with van der Waals surface area (Å²) in [6.07, 6.45) is 3.16. The second-order valence-electron chi connectivity index (χ2n) is 4.89. The van der Waals surface area contributed by atoms with Crippen LogP contribution in [0.5, 0.6) is 0 Å². The SMILES string of the molecule is CSc1ccccc1NC(=S)NCCCN1CCOCC1. The molecule has 2 rings (SSSR count). The maximum Gasteiger partial charge on any atom is 0.170 e. The van der Waals surface area contributed by atoms with Crippen molar-refractivity contribution in [2.45, 2.75) is 11.3 Å². The highest BCUT2D eigenvalue weighted by Crippen LogP contribution is 2.24. The Kier molecular flexibility index (Phi) is 7.29. The van der Waals surface area contributed by atoms with Gasteiger partial charge < -0.3 is 15.4 Å². The van der Waals surface area contributed by atoms with Gasteiger partial charge in [0.25, 0.3) is 0 Å². The second-order valence-corrected chi connectivity index (χ2v) is 6.15. The lowest BCUT2D eigenvalue weighted by Gasteiger charge is -2.26. The molecule has 21 heavy (non-hydrogen) atoms. The van der Waals surface area contributed by atoms with Crippen LogP contribution in [-0.4, -0.2) is 55.7 Å². The summed E-state index contributed by atoms with van der Waals surface area (Å²) >= 11 is 7.06. The third-order valence-electron chi connectivity index (χ3n) is 3.40. The van der Waals surface area contributed by atoms with Crippen molar-refractivity contribution in [3.63, 3.8) is 0 Å². The van der Waals surface area contributed by atoms with Gasteiger partial charge in [0.2, 0.25) is 0 Å². The molecule has 1 saturated heterocycles. The van der Waals surface area contributed by atoms with E-state index >= 15 is 0 Å². The molecule has 4 nitrogen and oxygen atoms in total. The number of anilines is 1. The monoisotopic (exact) mass is 325 g/mol. The number of nitrogens with zero attached hydrogens (tertiary/aromatic N) is 1. The van der Waals surface area contributed by atoms with Crippen LogP contribution in [0.2, 0.25) is 0 Å². The standard InChI is InChI=1S/C15H23N3OS2/c1-21-14-6-3-2-5-13(14)17-15(20)16-7-4-8-18-9-11-19-12-10-18/h2-3,5-6H,4,7-12H2,1H3,(H2,16,17,20). The molecule has 0 bridgehead atoms. The average Bonchev–Trinajstić information content (AvgIpc) is 2.53. The molecule has 6 heteroatoms. The number of morpholine rings is 1. The summed E-state index contributed by atoms with van der Waals surface area (Å²) in [6, 6.07) is 8.19. The Labute approximate surface area is 136 Å². The van der Waals surface area contributed by atoms with Crippen molar-refractivity contribution < 1.29 is 4.74 Å². The minimum absolute atomic E-state index is 0.693. The fourth-order valence-corrected chi connectivity index (χ4v) is 3.01. The van der Waals surface area contributed by atoms with Crippen molar-refractivity contribution in [1.29, 1.82) is 0 Å². The Balaban J connectivity index is 1.65. The molecule has 0 saturated carbocycles. The van der Waals surface area contributed by atoms with Crippen LogP contribution in [0, 0.1) is 0 Å². The molecule has 1 aromatic rings. The van der Waals surface area contributed by atoms with Crippen molar-refractivity contribution in [3.05, 3.63) is 24.3 Å². The fraction of sp³-hybridized carbons (Fsp3) is 0.533. The number of benzene rings is 1. The molecule has 1 heterocycles. The molecule has 116 valence electrons. The third kappa shape index (κ3) is 5.82. The zero-order valence-electron chi connectivity index (χ0n) is 12.4. The molecule has 1 aromatic carbocycles. The van der Waals surface area contributed by atoms with Crippen molar-refractivity contribution in [1.82, 2.24) is 10.2 Å². The predicted molar refractivity (Wildman–Crippen MR) is 94.3 cm³/mol. The van der Waals surface area contributed by atoms with Crippen LogP contribution < -0.4 is 10.6 Å². The zero-order chi connectivity index (χ0) is 14.9. The summed E-state index contributed by atoms with van der Waals surface area (Å²) < 4.78 is 5.34. The number of thiocarbonyl (C=S) groups is 1. The van der Waals surface area contributed by atoms with Gasteiger partial charge in [0.05, 0.1) is 18.9 Å². The van der Waals surface area contributed by atoms with E-state index in [1.54, 1.807) is 11.8 Å². The molecule has 0 aromatic heterocycles. The molecule has 0 spiro atoms. The molecular formula is C15H23N3OS2. The fourth-order valence-electron chi connectivity index (χ4n) is 2.24. The van der Waals surface area contributed by atoms with Crippen LogP contribution >= 0.6 is 24.0 Å². The summed E-state index contributed by atoms with van der Waals surface area (Å²) in [5, 5.41) is 7.23. The molecule has 0 amide bonds. The van der Waals surface area contributed by atoms with Gasteiger partial charge in [-0.1, -0.05) is 12.1 Å². The summed E-state index contributed by atoms with van der Waals surface area (Å²) in [5.41, 5.74) is 1.07. The van der Waals surface area contributed by atoms with Crippen LogP contribution in [0.1, 0.15) is 6.42 Å². The van der Waals surface area contributed by atoms with Gasteiger partial charge in [-0.15, -0.1) is 11.8 Å². The van der Waals surface area contributed by atoms with Gasteiger partial charge in [0.1, 0.15) is 0 Å². The number of nitrogens with one attached hydrogen (secondary N) is 2. The molecule has 0 radical (unpaired) electrons. The Bertz CT molecular complexity index is 450. The van der Waals surface area contributed by atoms with Crippen molar-refractivity contribution in [2.24, 2.45) is 0 Å². The summed E-state index contributed by atoms with van der Waals surface area (Å²) in [6.45, 7) is 5.80. The molecule has 1 fully saturated rings. The first-order chi connectivity index (χ1) is 10.3. The lowest BCUT2D eigenvalue weighted by Crippen LogP contribution is -2.38. The van der Waals surface area contributed by atoms with Gasteiger partial charge in [-0.2, -0.15) is 0 Å². The highest BCUT2D eigenvalue weighted by atomic mass is 32.2. The summed E-state index contributed by atoms with van der Waals surface area (Å²) in [5.74, 6) is 0. The third-order valence-corrected chi connectivity index (χ3v) is 4.44. The van der Waals surface area contributed by atoms with E-state index in [1.165, 1.54) is 4.90 Å². The molecule has 0 atom stereocenters. The maximum absolute atomic E-state index is 5.35. The Morgan fingerprint density at radius 3 is 2.86 bits per heavy atom. The minimum atomic E-state index is 0.693. The number of para-hydroxylation sites is 1. The topological polar surface area (TPSA) is 36.5 Å². The zero-order valence-corrected chi connectivity index (χ0v) is 14.1. The lowest BCUT2D eigenvalue weighted by atomic mass is 10.3. The van der Waals surface area contributed by atoms with Crippen LogP contribution in [0.15, 0.2) is 29.2 Å². The van der Waals surface area contributed by atoms with Gasteiger partial charge in [-0.3, -0.25) is 4.90 Å². The average molecular weight is 326 g/mol. The molecule has 1 aliphatic rings. The first-order valence-corrected chi connectivity index (χ1v) is 8.91. The summed E-state index contributed by atoms with van der Waals surface area (Å²) in [7, 11) is 0. The smallest absolute Gasteiger partial charge is 0.170 e. The van der Waals surface area contributed by atoms with Crippen molar-refractivity contribution >= 4 is 34.8 Å². The number of hydrogen-bond acceptors (Lipinski definition) is 4. The van der Waals surface area contributed by atoms with Crippen LogP contribution in [-0.2, 0) is 4.74 Å². The van der Waals surface area contributed by atoms with E-state index in [-0.39, 0.29) is 0 Å². The van der Waals surface area contributed by atoms with Gasteiger partial charge in [0.15, 0.2) is 5.11 Å². The predicted octanol–water partition coefficient (Wildman–Crippen LogP) is 2.42. The molecule has 1 aliphatic heterocycles. The quantitative estimate of drug-likeness (QED) is 0.475. The minimum Gasteiger partial charge on any atom is -0.379 e. The van der Waals surface area contributed by atoms with E-state index < -0.39 is 0 Å². The van der Waals surface area contributed by atoms with Gasteiger partial charge in [-0.05, 0) is 43.6 Å². The van der Waals surface area contributed by atoms with Crippen LogP contribution in [0.4, 0.5) is 5.69 Å². The highest BCUT2D eigenvalue weighted by molar-refractivity contribution is 7.98. The molecule has 0 unspecified atom stereocenters. The Hall–Kier alpha value is -0.820. The first-order valence-electron chi connectivity index (χ1n) is 7.27. The van der Waals surface area contributed by atoms with Gasteiger partial charge >= 0.3 is 0 Å². The van der Waals surface area contributed by atoms with Gasteiger partial charge in [0, 0.05) is 24.5 Å². The number of hydrogen-bond donors (Lipinski definition) is 2. The van der Waals surface area contributed by atoms with E-state index in [0.717, 1.165) is 51.5 Å².